The zero-order valence-electron chi connectivity index (χ0n) is 7.68. The Morgan fingerprint density at radius 3 is 1.88 bits per heavy atom. The lowest BCUT2D eigenvalue weighted by Gasteiger charge is -2.19. The quantitative estimate of drug-likeness (QED) is 0.637. The van der Waals surface area contributed by atoms with Crippen molar-refractivity contribution in [2.24, 2.45) is 0 Å². The van der Waals surface area contributed by atoms with Crippen molar-refractivity contribution in [3.8, 4) is 0 Å². The normalized spacial score (nSPS) is 12.3. The third-order valence-corrected chi connectivity index (χ3v) is 1.83. The van der Waals surface area contributed by atoms with Gasteiger partial charge in [-0.25, -0.2) is 0 Å². The Labute approximate surface area is 87.1 Å². The number of amides is 1. The Morgan fingerprint density at radius 2 is 1.50 bits per heavy atom. The highest BCUT2D eigenvalue weighted by Gasteiger charge is 2.58. The van der Waals surface area contributed by atoms with Gasteiger partial charge in [0.25, 0.3) is 0 Å². The Morgan fingerprint density at radius 1 is 1.00 bits per heavy atom. The number of carbonyl (C=O) groups excluding carboxylic acids is 1. The van der Waals surface area contributed by atoms with Crippen LogP contribution in [0.4, 0.5) is 27.6 Å². The van der Waals surface area contributed by atoms with Gasteiger partial charge in [0, 0.05) is 11.3 Å². The highest BCUT2D eigenvalue weighted by molar-refractivity contribution is 5.71. The SMILES string of the molecule is O=CNc1ccc(C(F)(F)C(F)(F)F)cc1. The van der Waals surface area contributed by atoms with Gasteiger partial charge in [-0.2, -0.15) is 22.0 Å². The van der Waals surface area contributed by atoms with Gasteiger partial charge >= 0.3 is 12.1 Å². The van der Waals surface area contributed by atoms with E-state index in [1.807, 2.05) is 0 Å². The van der Waals surface area contributed by atoms with E-state index in [2.05, 4.69) is 5.32 Å². The third-order valence-electron chi connectivity index (χ3n) is 1.83. The molecule has 0 saturated carbocycles. The number of hydrogen-bond acceptors (Lipinski definition) is 1. The molecule has 0 aliphatic heterocycles. The molecule has 2 nitrogen and oxygen atoms in total. The van der Waals surface area contributed by atoms with Crippen LogP contribution in [0.25, 0.3) is 0 Å². The summed E-state index contributed by atoms with van der Waals surface area (Å²) < 4.78 is 61.4. The number of rotatable bonds is 3. The molecule has 0 fully saturated rings. The molecule has 0 aromatic heterocycles. The second-order valence-electron chi connectivity index (χ2n) is 2.91. The fourth-order valence-electron chi connectivity index (χ4n) is 1.01. The predicted molar refractivity (Wildman–Crippen MR) is 46.1 cm³/mol. The molecule has 0 radical (unpaired) electrons. The lowest BCUT2D eigenvalue weighted by Crippen LogP contribution is -2.33. The van der Waals surface area contributed by atoms with E-state index in [9.17, 15) is 26.7 Å². The van der Waals surface area contributed by atoms with Gasteiger partial charge in [-0.15, -0.1) is 0 Å². The van der Waals surface area contributed by atoms with E-state index >= 15 is 0 Å². The molecule has 1 aromatic carbocycles. The van der Waals surface area contributed by atoms with Gasteiger partial charge in [-0.3, -0.25) is 4.79 Å². The molecule has 0 spiro atoms. The second kappa shape index (κ2) is 4.07. The Hall–Kier alpha value is -1.66. The number of halogens is 5. The molecule has 16 heavy (non-hydrogen) atoms. The molecular formula is C9H6F5NO. The first-order valence-corrected chi connectivity index (χ1v) is 4.04. The monoisotopic (exact) mass is 239 g/mol. The smallest absolute Gasteiger partial charge is 0.329 e. The molecule has 88 valence electrons. The van der Waals surface area contributed by atoms with E-state index in [1.165, 1.54) is 0 Å². The molecule has 0 aliphatic carbocycles. The summed E-state index contributed by atoms with van der Waals surface area (Å²) in [5, 5.41) is 2.12. The molecule has 0 unspecified atom stereocenters. The summed E-state index contributed by atoms with van der Waals surface area (Å²) in [5.41, 5.74) is -1.03. The first-order chi connectivity index (χ1) is 7.29. The summed E-state index contributed by atoms with van der Waals surface area (Å²) in [6.07, 6.45) is -5.34. The number of hydrogen-bond donors (Lipinski definition) is 1. The van der Waals surface area contributed by atoms with Crippen molar-refractivity contribution in [3.05, 3.63) is 29.8 Å². The average molecular weight is 239 g/mol. The van der Waals surface area contributed by atoms with Gasteiger partial charge in [0.1, 0.15) is 0 Å². The van der Waals surface area contributed by atoms with Gasteiger partial charge in [0.2, 0.25) is 6.41 Å². The number of benzene rings is 1. The predicted octanol–water partition coefficient (Wildman–Crippen LogP) is 2.91. The van der Waals surface area contributed by atoms with E-state index in [-0.39, 0.29) is 12.1 Å². The number of alkyl halides is 5. The van der Waals surface area contributed by atoms with Gasteiger partial charge in [0.05, 0.1) is 0 Å². The third kappa shape index (κ3) is 2.29. The molecule has 0 saturated heterocycles. The van der Waals surface area contributed by atoms with Crippen molar-refractivity contribution in [1.29, 1.82) is 0 Å². The van der Waals surface area contributed by atoms with Crippen LogP contribution in [0.5, 0.6) is 0 Å². The van der Waals surface area contributed by atoms with Crippen LogP contribution in [-0.4, -0.2) is 12.6 Å². The standard InChI is InChI=1S/C9H6F5NO/c10-8(11,9(12,13)14)6-1-3-7(4-2-6)15-5-16/h1-5H,(H,15,16). The summed E-state index contributed by atoms with van der Waals surface area (Å²) in [6, 6.07) is 3.14. The second-order valence-corrected chi connectivity index (χ2v) is 2.91. The lowest BCUT2D eigenvalue weighted by atomic mass is 10.1. The van der Waals surface area contributed by atoms with Gasteiger partial charge < -0.3 is 5.32 Å². The largest absolute Gasteiger partial charge is 0.458 e. The van der Waals surface area contributed by atoms with Crippen LogP contribution >= 0.6 is 0 Å². The molecule has 0 bridgehead atoms. The molecule has 1 aromatic rings. The molecule has 0 atom stereocenters. The summed E-state index contributed by atoms with van der Waals surface area (Å²) in [6.45, 7) is 0. The van der Waals surface area contributed by atoms with E-state index < -0.39 is 17.7 Å². The van der Waals surface area contributed by atoms with Crippen LogP contribution < -0.4 is 5.32 Å². The maximum atomic E-state index is 12.8. The van der Waals surface area contributed by atoms with Gasteiger partial charge in [-0.05, 0) is 12.1 Å². The van der Waals surface area contributed by atoms with E-state index in [0.717, 1.165) is 12.1 Å². The zero-order valence-corrected chi connectivity index (χ0v) is 7.68. The van der Waals surface area contributed by atoms with Crippen molar-refractivity contribution in [2.75, 3.05) is 5.32 Å². The van der Waals surface area contributed by atoms with Crippen LogP contribution in [0.1, 0.15) is 5.56 Å². The molecule has 1 N–H and O–H groups in total. The van der Waals surface area contributed by atoms with Crippen LogP contribution in [0.2, 0.25) is 0 Å². The minimum Gasteiger partial charge on any atom is -0.329 e. The summed E-state index contributed by atoms with van der Waals surface area (Å²) in [5.74, 6) is -4.90. The first kappa shape index (κ1) is 12.4. The zero-order chi connectivity index (χ0) is 12.4. The molecule has 1 rings (SSSR count). The van der Waals surface area contributed by atoms with Crippen LogP contribution in [0.15, 0.2) is 24.3 Å². The van der Waals surface area contributed by atoms with Crippen LogP contribution in [0.3, 0.4) is 0 Å². The van der Waals surface area contributed by atoms with Crippen molar-refractivity contribution in [3.63, 3.8) is 0 Å². The Kier molecular flexibility index (Phi) is 3.16. The van der Waals surface area contributed by atoms with Crippen LogP contribution in [-0.2, 0) is 10.7 Å². The highest BCUT2D eigenvalue weighted by atomic mass is 19.4. The Balaban J connectivity index is 3.01. The van der Waals surface area contributed by atoms with Gasteiger partial charge in [0.15, 0.2) is 0 Å². The molecule has 0 aliphatic rings. The fourth-order valence-corrected chi connectivity index (χ4v) is 1.01. The van der Waals surface area contributed by atoms with Crippen molar-refractivity contribution < 1.29 is 26.7 Å². The Bertz CT molecular complexity index is 370. The molecular weight excluding hydrogens is 233 g/mol. The number of carbonyl (C=O) groups is 1. The topological polar surface area (TPSA) is 29.1 Å². The minimum absolute atomic E-state index is 0.136. The van der Waals surface area contributed by atoms with Crippen LogP contribution in [0, 0.1) is 0 Å². The average Bonchev–Trinajstić information content (AvgIpc) is 2.17. The number of anilines is 1. The summed E-state index contributed by atoms with van der Waals surface area (Å²) >= 11 is 0. The first-order valence-electron chi connectivity index (χ1n) is 4.04. The van der Waals surface area contributed by atoms with E-state index in [0.29, 0.717) is 12.1 Å². The van der Waals surface area contributed by atoms with E-state index in [1.54, 1.807) is 0 Å². The molecule has 0 heterocycles. The molecule has 7 heteroatoms. The van der Waals surface area contributed by atoms with Crippen molar-refractivity contribution in [1.82, 2.24) is 0 Å². The maximum absolute atomic E-state index is 12.8. The summed E-state index contributed by atoms with van der Waals surface area (Å²) in [7, 11) is 0. The summed E-state index contributed by atoms with van der Waals surface area (Å²) in [4.78, 5) is 9.98. The lowest BCUT2D eigenvalue weighted by molar-refractivity contribution is -0.289. The highest BCUT2D eigenvalue weighted by Crippen LogP contribution is 2.43. The van der Waals surface area contributed by atoms with E-state index in [4.69, 9.17) is 0 Å². The van der Waals surface area contributed by atoms with Crippen molar-refractivity contribution in [2.45, 2.75) is 12.1 Å². The number of nitrogens with one attached hydrogen (secondary N) is 1. The molecule has 1 amide bonds. The van der Waals surface area contributed by atoms with Crippen molar-refractivity contribution >= 4 is 12.1 Å². The fraction of sp³-hybridized carbons (Fsp3) is 0.222. The minimum atomic E-state index is -5.63. The van der Waals surface area contributed by atoms with Gasteiger partial charge in [-0.1, -0.05) is 12.1 Å². The maximum Gasteiger partial charge on any atom is 0.458 e.